The molecule has 1 aliphatic rings. The molecule has 3 heteroatoms. The summed E-state index contributed by atoms with van der Waals surface area (Å²) in [5.41, 5.74) is 8.05. The van der Waals surface area contributed by atoms with Crippen LogP contribution in [0.15, 0.2) is 18.2 Å². The van der Waals surface area contributed by atoms with Crippen LogP contribution < -0.4 is 10.5 Å². The number of benzene rings is 1. The third kappa shape index (κ3) is 2.54. The Bertz CT molecular complexity index is 359. The zero-order chi connectivity index (χ0) is 11.5. The van der Waals surface area contributed by atoms with Crippen molar-refractivity contribution in [2.75, 3.05) is 7.11 Å². The first-order valence-corrected chi connectivity index (χ1v) is 5.69. The van der Waals surface area contributed by atoms with Crippen molar-refractivity contribution in [3.63, 3.8) is 0 Å². The average molecular weight is 221 g/mol. The highest BCUT2D eigenvalue weighted by atomic mass is 16.5. The molecular formula is C13H19NO2. The fourth-order valence-corrected chi connectivity index (χ4v) is 1.97. The van der Waals surface area contributed by atoms with Crippen molar-refractivity contribution in [1.29, 1.82) is 0 Å². The normalized spacial score (nSPS) is 23.9. The van der Waals surface area contributed by atoms with Crippen LogP contribution >= 0.6 is 0 Å². The molecule has 0 aliphatic heterocycles. The van der Waals surface area contributed by atoms with Crippen LogP contribution in [-0.4, -0.2) is 19.3 Å². The van der Waals surface area contributed by atoms with Crippen molar-refractivity contribution in [2.24, 2.45) is 5.73 Å². The number of nitrogens with two attached hydrogens (primary N) is 1. The summed E-state index contributed by atoms with van der Waals surface area (Å²) < 4.78 is 11.1. The summed E-state index contributed by atoms with van der Waals surface area (Å²) in [6, 6.07) is 6.48. The molecule has 0 bridgehead atoms. The summed E-state index contributed by atoms with van der Waals surface area (Å²) in [6.45, 7) is 2.68. The van der Waals surface area contributed by atoms with Gasteiger partial charge in [0.05, 0.1) is 19.8 Å². The van der Waals surface area contributed by atoms with E-state index in [1.54, 1.807) is 7.11 Å². The van der Waals surface area contributed by atoms with Crippen LogP contribution in [0.2, 0.25) is 0 Å². The van der Waals surface area contributed by atoms with Crippen LogP contribution in [0.4, 0.5) is 0 Å². The molecule has 0 radical (unpaired) electrons. The molecule has 0 spiro atoms. The Morgan fingerprint density at radius 1 is 1.38 bits per heavy atom. The molecule has 2 N–H and O–H groups in total. The second kappa shape index (κ2) is 4.85. The van der Waals surface area contributed by atoms with Gasteiger partial charge < -0.3 is 15.2 Å². The second-order valence-electron chi connectivity index (χ2n) is 4.48. The summed E-state index contributed by atoms with van der Waals surface area (Å²) >= 11 is 0. The van der Waals surface area contributed by atoms with E-state index in [0.29, 0.717) is 18.8 Å². The van der Waals surface area contributed by atoms with E-state index in [9.17, 15) is 0 Å². The molecular weight excluding hydrogens is 202 g/mol. The first-order valence-electron chi connectivity index (χ1n) is 5.69. The van der Waals surface area contributed by atoms with Crippen molar-refractivity contribution in [1.82, 2.24) is 0 Å². The van der Waals surface area contributed by atoms with Gasteiger partial charge in [0.1, 0.15) is 5.75 Å². The zero-order valence-corrected chi connectivity index (χ0v) is 9.90. The summed E-state index contributed by atoms with van der Waals surface area (Å²) in [4.78, 5) is 0. The number of methoxy groups -OCH3 is 1. The average Bonchev–Trinajstić information content (AvgIpc) is 2.23. The minimum Gasteiger partial charge on any atom is -0.496 e. The molecule has 1 aromatic carbocycles. The Morgan fingerprint density at radius 2 is 2.12 bits per heavy atom. The Balaban J connectivity index is 1.94. The van der Waals surface area contributed by atoms with Gasteiger partial charge in [0.2, 0.25) is 0 Å². The van der Waals surface area contributed by atoms with Crippen LogP contribution in [0.3, 0.4) is 0 Å². The van der Waals surface area contributed by atoms with Crippen molar-refractivity contribution in [3.8, 4) is 5.75 Å². The van der Waals surface area contributed by atoms with Crippen LogP contribution in [0.1, 0.15) is 24.0 Å². The zero-order valence-electron chi connectivity index (χ0n) is 9.90. The van der Waals surface area contributed by atoms with Gasteiger partial charge in [-0.25, -0.2) is 0 Å². The van der Waals surface area contributed by atoms with Crippen molar-refractivity contribution in [3.05, 3.63) is 29.3 Å². The molecule has 0 atom stereocenters. The summed E-state index contributed by atoms with van der Waals surface area (Å²) in [5, 5.41) is 0. The van der Waals surface area contributed by atoms with Crippen LogP contribution in [0.25, 0.3) is 0 Å². The maximum Gasteiger partial charge on any atom is 0.124 e. The third-order valence-electron chi connectivity index (χ3n) is 3.04. The van der Waals surface area contributed by atoms with E-state index in [2.05, 4.69) is 13.0 Å². The van der Waals surface area contributed by atoms with Crippen molar-refractivity contribution < 1.29 is 9.47 Å². The van der Waals surface area contributed by atoms with Crippen molar-refractivity contribution in [2.45, 2.75) is 38.5 Å². The maximum atomic E-state index is 5.77. The number of ether oxygens (including phenoxy) is 2. The highest BCUT2D eigenvalue weighted by Crippen LogP contribution is 2.25. The van der Waals surface area contributed by atoms with Gasteiger partial charge in [-0.1, -0.05) is 17.7 Å². The Hall–Kier alpha value is -1.06. The highest BCUT2D eigenvalue weighted by Gasteiger charge is 2.26. The van der Waals surface area contributed by atoms with E-state index >= 15 is 0 Å². The van der Waals surface area contributed by atoms with Gasteiger partial charge in [0.25, 0.3) is 0 Å². The molecule has 2 rings (SSSR count). The quantitative estimate of drug-likeness (QED) is 0.846. The van der Waals surface area contributed by atoms with Gasteiger partial charge >= 0.3 is 0 Å². The molecule has 0 heterocycles. The predicted molar refractivity (Wildman–Crippen MR) is 63.5 cm³/mol. The van der Waals surface area contributed by atoms with Crippen LogP contribution in [0.5, 0.6) is 5.75 Å². The SMILES string of the molecule is COc1ccc(C)cc1COC1CC(N)C1. The lowest BCUT2D eigenvalue weighted by Crippen LogP contribution is -2.41. The Labute approximate surface area is 96.5 Å². The molecule has 88 valence electrons. The van der Waals surface area contributed by atoms with Gasteiger partial charge in [-0.05, 0) is 25.8 Å². The standard InChI is InChI=1S/C13H19NO2/c1-9-3-4-13(15-2)10(5-9)8-16-12-6-11(14)7-12/h3-5,11-12H,6-8,14H2,1-2H3. The number of hydrogen-bond acceptors (Lipinski definition) is 3. The fourth-order valence-electron chi connectivity index (χ4n) is 1.97. The van der Waals surface area contributed by atoms with Gasteiger partial charge in [-0.15, -0.1) is 0 Å². The molecule has 0 aromatic heterocycles. The third-order valence-corrected chi connectivity index (χ3v) is 3.04. The van der Waals surface area contributed by atoms with Crippen LogP contribution in [-0.2, 0) is 11.3 Å². The lowest BCUT2D eigenvalue weighted by atomic mass is 9.90. The number of aryl methyl sites for hydroxylation is 1. The largest absolute Gasteiger partial charge is 0.496 e. The van der Waals surface area contributed by atoms with E-state index in [1.807, 2.05) is 12.1 Å². The summed E-state index contributed by atoms with van der Waals surface area (Å²) in [7, 11) is 1.69. The smallest absolute Gasteiger partial charge is 0.124 e. The lowest BCUT2D eigenvalue weighted by molar-refractivity contribution is -0.0194. The van der Waals surface area contributed by atoms with Gasteiger partial charge in [-0.2, -0.15) is 0 Å². The molecule has 0 saturated heterocycles. The minimum absolute atomic E-state index is 0.334. The summed E-state index contributed by atoms with van der Waals surface area (Å²) in [6.07, 6.45) is 2.29. The number of rotatable bonds is 4. The van der Waals surface area contributed by atoms with Gasteiger partial charge in [0, 0.05) is 11.6 Å². The Kier molecular flexibility index (Phi) is 3.46. The molecule has 0 unspecified atom stereocenters. The van der Waals surface area contributed by atoms with E-state index in [1.165, 1.54) is 5.56 Å². The van der Waals surface area contributed by atoms with Gasteiger partial charge in [-0.3, -0.25) is 0 Å². The second-order valence-corrected chi connectivity index (χ2v) is 4.48. The van der Waals surface area contributed by atoms with Gasteiger partial charge in [0.15, 0.2) is 0 Å². The molecule has 1 aliphatic carbocycles. The van der Waals surface area contributed by atoms with E-state index in [0.717, 1.165) is 24.2 Å². The topological polar surface area (TPSA) is 44.5 Å². The Morgan fingerprint density at radius 3 is 2.75 bits per heavy atom. The fraction of sp³-hybridized carbons (Fsp3) is 0.538. The summed E-state index contributed by atoms with van der Waals surface area (Å²) in [5.74, 6) is 0.897. The van der Waals surface area contributed by atoms with E-state index in [-0.39, 0.29) is 0 Å². The molecule has 0 amide bonds. The van der Waals surface area contributed by atoms with E-state index in [4.69, 9.17) is 15.2 Å². The first-order chi connectivity index (χ1) is 7.69. The number of hydrogen-bond donors (Lipinski definition) is 1. The van der Waals surface area contributed by atoms with Crippen molar-refractivity contribution >= 4 is 0 Å². The van der Waals surface area contributed by atoms with E-state index < -0.39 is 0 Å². The first kappa shape index (κ1) is 11.4. The predicted octanol–water partition coefficient (Wildman–Crippen LogP) is 2.01. The minimum atomic E-state index is 0.334. The lowest BCUT2D eigenvalue weighted by Gasteiger charge is -2.32. The highest BCUT2D eigenvalue weighted by molar-refractivity contribution is 5.36. The molecule has 1 aromatic rings. The maximum absolute atomic E-state index is 5.77. The van der Waals surface area contributed by atoms with Crippen LogP contribution in [0, 0.1) is 6.92 Å². The molecule has 3 nitrogen and oxygen atoms in total. The molecule has 16 heavy (non-hydrogen) atoms. The monoisotopic (exact) mass is 221 g/mol. The molecule has 1 fully saturated rings. The molecule has 1 saturated carbocycles.